The first kappa shape index (κ1) is 34.0. The molecule has 2 atom stereocenters. The fourth-order valence-corrected chi connectivity index (χ4v) is 7.02. The molecule has 7 rings (SSSR count). The molecule has 2 unspecified atom stereocenters. The van der Waals surface area contributed by atoms with Crippen LogP contribution in [0.3, 0.4) is 0 Å². The quantitative estimate of drug-likeness (QED) is 0.212. The molecule has 1 amide bonds. The van der Waals surface area contributed by atoms with Crippen LogP contribution in [0.2, 0.25) is 0 Å². The Morgan fingerprint density at radius 2 is 2.00 bits per heavy atom. The molecule has 9 nitrogen and oxygen atoms in total. The molecule has 3 aliphatic rings. The number of thiophene rings is 1. The van der Waals surface area contributed by atoms with Gasteiger partial charge in [-0.05, 0) is 49.9 Å². The van der Waals surface area contributed by atoms with E-state index in [1.807, 2.05) is 0 Å². The van der Waals surface area contributed by atoms with Crippen molar-refractivity contribution in [2.75, 3.05) is 44.8 Å². The Morgan fingerprint density at radius 3 is 2.57 bits per heavy atom. The number of aromatic nitrogens is 2. The lowest BCUT2D eigenvalue weighted by Gasteiger charge is -2.18. The molecule has 2 aromatic heterocycles. The number of nitrogen functional groups attached to an aromatic ring is 1. The molecule has 3 fully saturated rings. The first-order chi connectivity index (χ1) is 22.4. The van der Waals surface area contributed by atoms with Gasteiger partial charge in [-0.3, -0.25) is 9.69 Å². The first-order valence-corrected chi connectivity index (χ1v) is 15.6. The highest BCUT2D eigenvalue weighted by atomic mass is 32.1. The van der Waals surface area contributed by atoms with Crippen molar-refractivity contribution in [3.8, 4) is 23.2 Å². The van der Waals surface area contributed by atoms with Crippen molar-refractivity contribution in [1.82, 2.24) is 20.2 Å². The van der Waals surface area contributed by atoms with Gasteiger partial charge in [0.15, 0.2) is 5.82 Å². The van der Waals surface area contributed by atoms with Gasteiger partial charge < -0.3 is 21.1 Å². The Morgan fingerprint density at radius 1 is 1.23 bits per heavy atom. The number of halogens is 6. The van der Waals surface area contributed by atoms with Gasteiger partial charge in [0.2, 0.25) is 5.91 Å². The third-order valence-corrected chi connectivity index (χ3v) is 9.22. The summed E-state index contributed by atoms with van der Waals surface area (Å²) in [6.45, 7) is 2.74. The summed E-state index contributed by atoms with van der Waals surface area (Å²) in [5.74, 6) is -1.99. The summed E-state index contributed by atoms with van der Waals surface area (Å²) in [5, 5.41) is 14.2. The number of rotatable bonds is 3. The molecule has 0 spiro atoms. The zero-order valence-corrected chi connectivity index (χ0v) is 26.2. The molecule has 5 heterocycles. The summed E-state index contributed by atoms with van der Waals surface area (Å²) >= 11 is 0.695. The average molecular weight is 680 g/mol. The maximum Gasteiger partial charge on any atom is 0.417 e. The molecular formula is C31H31F6N7O2S. The van der Waals surface area contributed by atoms with Gasteiger partial charge in [-0.25, -0.2) is 13.2 Å². The summed E-state index contributed by atoms with van der Waals surface area (Å²) < 4.78 is 89.8. The molecule has 16 heteroatoms. The van der Waals surface area contributed by atoms with Gasteiger partial charge in [0.25, 0.3) is 0 Å². The van der Waals surface area contributed by atoms with Crippen molar-refractivity contribution in [2.45, 2.75) is 50.5 Å². The fraction of sp³-hybridized carbons (Fsp3) is 0.419. The van der Waals surface area contributed by atoms with Crippen LogP contribution in [-0.4, -0.2) is 66.8 Å². The van der Waals surface area contributed by atoms with Crippen LogP contribution in [0.4, 0.5) is 37.2 Å². The van der Waals surface area contributed by atoms with E-state index in [0.717, 1.165) is 44.5 Å². The van der Waals surface area contributed by atoms with Crippen LogP contribution in [0.1, 0.15) is 43.2 Å². The number of hydrogen-bond acceptors (Lipinski definition) is 9. The Labute approximate surface area is 269 Å². The predicted molar refractivity (Wildman–Crippen MR) is 167 cm³/mol. The van der Waals surface area contributed by atoms with Crippen molar-refractivity contribution in [2.24, 2.45) is 0 Å². The van der Waals surface area contributed by atoms with Crippen molar-refractivity contribution in [3.05, 3.63) is 41.0 Å². The SMILES string of the molecule is CNc1nc(OC)nc2c(F)c(-c3ccc(F)c4sc(N)c(C#N)c34)c(C(F)(F)F)cc12.FC1CC2CCCN2C1.O=C1CCCN1. The van der Waals surface area contributed by atoms with Crippen LogP contribution >= 0.6 is 11.3 Å². The lowest BCUT2D eigenvalue weighted by molar-refractivity contribution is -0.137. The van der Waals surface area contributed by atoms with Gasteiger partial charge >= 0.3 is 12.2 Å². The molecule has 3 saturated heterocycles. The second-order valence-corrected chi connectivity index (χ2v) is 12.2. The second kappa shape index (κ2) is 13.8. The van der Waals surface area contributed by atoms with E-state index >= 15 is 4.39 Å². The third kappa shape index (κ3) is 6.86. The minimum Gasteiger partial charge on any atom is -0.467 e. The van der Waals surface area contributed by atoms with E-state index in [1.54, 1.807) is 6.07 Å². The van der Waals surface area contributed by atoms with Crippen LogP contribution in [0, 0.1) is 23.0 Å². The molecule has 0 bridgehead atoms. The first-order valence-electron chi connectivity index (χ1n) is 14.8. The topological polar surface area (TPSA) is 129 Å². The number of carbonyl (C=O) groups is 1. The molecular weight excluding hydrogens is 648 g/mol. The predicted octanol–water partition coefficient (Wildman–Crippen LogP) is 6.40. The summed E-state index contributed by atoms with van der Waals surface area (Å²) in [7, 11) is 2.62. The van der Waals surface area contributed by atoms with Crippen LogP contribution in [-0.2, 0) is 11.0 Å². The van der Waals surface area contributed by atoms with Gasteiger partial charge in [-0.15, -0.1) is 11.3 Å². The molecule has 0 aliphatic carbocycles. The monoisotopic (exact) mass is 679 g/mol. The number of nitrogens with one attached hydrogen (secondary N) is 2. The van der Waals surface area contributed by atoms with E-state index in [4.69, 9.17) is 10.5 Å². The average Bonchev–Trinajstić information content (AvgIpc) is 3.82. The highest BCUT2D eigenvalue weighted by molar-refractivity contribution is 7.23. The highest BCUT2D eigenvalue weighted by Crippen LogP contribution is 2.47. The second-order valence-electron chi connectivity index (χ2n) is 11.1. The van der Waals surface area contributed by atoms with E-state index in [0.29, 0.717) is 30.0 Å². The molecule has 0 radical (unpaired) electrons. The number of amides is 1. The van der Waals surface area contributed by atoms with Crippen molar-refractivity contribution in [1.29, 1.82) is 5.26 Å². The number of nitriles is 1. The standard InChI is InChI=1S/C20H12F5N5OS.C7H12FN.C4H7NO/c1-28-18-8-5-10(20(23,24)25)13(14(22)15(8)29-19(30-18)31-2)7-3-4-11(21)16-12(7)9(6-26)17(27)32-16;8-6-4-7-2-1-3-9(7)5-6;6-4-2-1-3-5-4/h3-5H,27H2,1-2H3,(H,28,29,30);6-7H,1-5H2;1-3H2,(H,5,6). The Bertz CT molecular complexity index is 1840. The zero-order chi connectivity index (χ0) is 34.0. The van der Waals surface area contributed by atoms with Gasteiger partial charge in [-0.2, -0.15) is 28.4 Å². The molecule has 47 heavy (non-hydrogen) atoms. The number of benzene rings is 2. The van der Waals surface area contributed by atoms with E-state index < -0.39 is 40.6 Å². The Kier molecular flexibility index (Phi) is 9.97. The molecule has 250 valence electrons. The number of alkyl halides is 4. The molecule has 2 aromatic carbocycles. The van der Waals surface area contributed by atoms with E-state index in [-0.39, 0.29) is 49.3 Å². The number of anilines is 2. The lowest BCUT2D eigenvalue weighted by atomic mass is 9.92. The summed E-state index contributed by atoms with van der Waals surface area (Å²) in [6, 6.07) is 4.70. The smallest absolute Gasteiger partial charge is 0.417 e. The molecule has 0 saturated carbocycles. The lowest BCUT2D eigenvalue weighted by Crippen LogP contribution is -2.22. The largest absolute Gasteiger partial charge is 0.467 e. The molecule has 4 aromatic rings. The fourth-order valence-electron chi connectivity index (χ4n) is 6.08. The minimum atomic E-state index is -5.00. The normalized spacial score (nSPS) is 19.0. The number of nitrogens with two attached hydrogens (primary N) is 1. The molecule has 3 aliphatic heterocycles. The van der Waals surface area contributed by atoms with Crippen LogP contribution in [0.15, 0.2) is 18.2 Å². The van der Waals surface area contributed by atoms with Crippen molar-refractivity contribution in [3.63, 3.8) is 0 Å². The van der Waals surface area contributed by atoms with Crippen molar-refractivity contribution < 1.29 is 35.9 Å². The van der Waals surface area contributed by atoms with E-state index in [9.17, 15) is 32.0 Å². The Hall–Kier alpha value is -4.36. The number of hydrogen-bond donors (Lipinski definition) is 3. The summed E-state index contributed by atoms with van der Waals surface area (Å²) in [4.78, 5) is 20.2. The van der Waals surface area contributed by atoms with Gasteiger partial charge in [0, 0.05) is 48.9 Å². The maximum absolute atomic E-state index is 15.8. The van der Waals surface area contributed by atoms with Crippen LogP contribution in [0.5, 0.6) is 6.01 Å². The number of carbonyl (C=O) groups excluding carboxylic acids is 1. The van der Waals surface area contributed by atoms with E-state index in [1.165, 1.54) is 27.0 Å². The number of fused-ring (bicyclic) bond motifs is 3. The molecule has 4 N–H and O–H groups in total. The van der Waals surface area contributed by atoms with E-state index in [2.05, 4.69) is 25.5 Å². The zero-order valence-electron chi connectivity index (χ0n) is 25.4. The number of ether oxygens (including phenoxy) is 1. The van der Waals surface area contributed by atoms with Crippen LogP contribution < -0.4 is 21.1 Å². The third-order valence-electron chi connectivity index (χ3n) is 8.20. The van der Waals surface area contributed by atoms with Crippen LogP contribution in [0.25, 0.3) is 32.1 Å². The summed E-state index contributed by atoms with van der Waals surface area (Å²) in [6.07, 6.45) is -0.420. The number of methoxy groups -OCH3 is 1. The van der Waals surface area contributed by atoms with Crippen molar-refractivity contribution >= 4 is 49.1 Å². The van der Waals surface area contributed by atoms with Gasteiger partial charge in [0.05, 0.1) is 22.9 Å². The minimum absolute atomic E-state index is 0.0791. The highest BCUT2D eigenvalue weighted by Gasteiger charge is 2.38. The van der Waals surface area contributed by atoms with Gasteiger partial charge in [0.1, 0.15) is 34.4 Å². The number of nitrogens with zero attached hydrogens (tertiary/aromatic N) is 4. The summed E-state index contributed by atoms with van der Waals surface area (Å²) in [5.41, 5.74) is 2.55. The Balaban J connectivity index is 0.000000233. The maximum atomic E-state index is 15.8. The van der Waals surface area contributed by atoms with Gasteiger partial charge in [-0.1, -0.05) is 6.07 Å².